The van der Waals surface area contributed by atoms with Gasteiger partial charge in [0.1, 0.15) is 17.1 Å². The first-order valence-corrected chi connectivity index (χ1v) is 23.0. The first-order chi connectivity index (χ1) is 28.0. The van der Waals surface area contributed by atoms with Crippen LogP contribution in [-0.4, -0.2) is 81.1 Å². The van der Waals surface area contributed by atoms with Crippen LogP contribution in [-0.2, 0) is 9.59 Å². The number of phenolic OH excluding ortho intramolecular Hbond substituents is 1. The Hall–Kier alpha value is -4.65. The number of anilines is 1. The number of unbranched alkanes of at least 4 members (excludes halogenated alkanes) is 4. The Balaban J connectivity index is 0.819. The van der Waals surface area contributed by atoms with Gasteiger partial charge in [0.25, 0.3) is 0 Å². The molecule has 3 atom stereocenters. The minimum atomic E-state index is -1.15. The number of hydrogen-bond donors (Lipinski definition) is 8. The number of hydrogen-bond acceptors (Lipinski definition) is 11. The Bertz CT molecular complexity index is 2170. The van der Waals surface area contributed by atoms with Crippen LogP contribution < -0.4 is 36.7 Å². The summed E-state index contributed by atoms with van der Waals surface area (Å²) < 4.78 is 8.73. The fourth-order valence-electron chi connectivity index (χ4n) is 7.04. The molecule has 6 rings (SSSR count). The Morgan fingerprint density at radius 3 is 2.48 bits per heavy atom. The fourth-order valence-corrected chi connectivity index (χ4v) is 10.4. The van der Waals surface area contributed by atoms with Gasteiger partial charge in [0.2, 0.25) is 11.8 Å². The van der Waals surface area contributed by atoms with Crippen molar-refractivity contribution in [3.8, 4) is 28.2 Å². The van der Waals surface area contributed by atoms with E-state index in [1.54, 1.807) is 24.3 Å². The number of phenols is 1. The average molecular weight is 867 g/mol. The highest BCUT2D eigenvalue weighted by atomic mass is 33.1. The maximum Gasteiger partial charge on any atom is 0.336 e. The molecule has 18 heteroatoms. The van der Waals surface area contributed by atoms with Crippen LogP contribution >= 0.6 is 45.8 Å². The molecule has 3 unspecified atom stereocenters. The van der Waals surface area contributed by atoms with E-state index >= 15 is 0 Å². The topological polar surface area (TPSA) is 211 Å². The monoisotopic (exact) mass is 866 g/mol. The van der Waals surface area contributed by atoms with E-state index in [1.807, 2.05) is 11.8 Å². The van der Waals surface area contributed by atoms with Crippen LogP contribution in [0.4, 0.5) is 10.5 Å². The third-order valence-electron chi connectivity index (χ3n) is 9.87. The van der Waals surface area contributed by atoms with Gasteiger partial charge in [-0.25, -0.2) is 9.59 Å². The quantitative estimate of drug-likeness (QED) is 0.0120. The summed E-state index contributed by atoms with van der Waals surface area (Å²) in [4.78, 5) is 60.5. The van der Waals surface area contributed by atoms with Gasteiger partial charge >= 0.3 is 12.0 Å². The molecule has 2 saturated heterocycles. The predicted octanol–water partition coefficient (Wildman–Crippen LogP) is 6.46. The second-order valence-corrected chi connectivity index (χ2v) is 18.0. The first kappa shape index (κ1) is 42.9. The molecule has 0 saturated carbocycles. The summed E-state index contributed by atoms with van der Waals surface area (Å²) in [7, 11) is 2.70. The van der Waals surface area contributed by atoms with E-state index in [-0.39, 0.29) is 52.4 Å². The lowest BCUT2D eigenvalue weighted by atomic mass is 9.90. The average Bonchev–Trinajstić information content (AvgIpc) is 3.75. The van der Waals surface area contributed by atoms with Gasteiger partial charge in [-0.1, -0.05) is 36.1 Å². The lowest BCUT2D eigenvalue weighted by molar-refractivity contribution is -0.121. The van der Waals surface area contributed by atoms with Crippen molar-refractivity contribution in [2.75, 3.05) is 29.9 Å². The number of thiocarbonyl (C=S) groups is 1. The van der Waals surface area contributed by atoms with Crippen molar-refractivity contribution >= 4 is 91.3 Å². The smallest absolute Gasteiger partial charge is 0.336 e. The van der Waals surface area contributed by atoms with Crippen LogP contribution in [0.5, 0.6) is 5.75 Å². The van der Waals surface area contributed by atoms with Crippen LogP contribution in [0.2, 0.25) is 0 Å². The molecule has 2 fully saturated rings. The SMILES string of the molecule is O=C(CCSSNC(=O)CCCCC1SCC2NC(=O)NC21)NCCCCCCNC(=S)Nc1ccc(-c2c3ccc(=O)cc-3oc3cc(O)ccc23)c(C(=O)O)c1. The van der Waals surface area contributed by atoms with Crippen LogP contribution in [0.15, 0.2) is 63.8 Å². The Kier molecular flexibility index (Phi) is 15.4. The van der Waals surface area contributed by atoms with Gasteiger partial charge in [0, 0.05) is 88.0 Å². The van der Waals surface area contributed by atoms with Gasteiger partial charge in [-0.05, 0) is 79.9 Å². The van der Waals surface area contributed by atoms with Gasteiger partial charge in [-0.15, -0.1) is 0 Å². The number of aromatic carboxylic acids is 1. The summed E-state index contributed by atoms with van der Waals surface area (Å²) in [5, 5.41) is 36.7. The summed E-state index contributed by atoms with van der Waals surface area (Å²) in [5.41, 5.74) is 2.09. The number of thioether (sulfide) groups is 1. The number of rotatable bonds is 20. The molecule has 0 radical (unpaired) electrons. The highest BCUT2D eigenvalue weighted by Gasteiger charge is 2.42. The van der Waals surface area contributed by atoms with Crippen LogP contribution in [0.25, 0.3) is 33.4 Å². The molecule has 1 aliphatic carbocycles. The molecular formula is C40H46N6O8S4. The number of amides is 4. The van der Waals surface area contributed by atoms with E-state index in [4.69, 9.17) is 16.6 Å². The second kappa shape index (κ2) is 20.9. The van der Waals surface area contributed by atoms with Crippen molar-refractivity contribution in [2.45, 2.75) is 75.1 Å². The number of aromatic hydroxyl groups is 1. The lowest BCUT2D eigenvalue weighted by Crippen LogP contribution is -2.36. The number of carboxylic acid groups (broad SMARTS) is 1. The number of carbonyl (C=O) groups excluding carboxylic acids is 3. The van der Waals surface area contributed by atoms with Gasteiger partial charge in [0.15, 0.2) is 10.5 Å². The third-order valence-corrected chi connectivity index (χ3v) is 13.5. The molecular weight excluding hydrogens is 821 g/mol. The molecule has 2 aromatic carbocycles. The number of carbonyl (C=O) groups is 4. The predicted molar refractivity (Wildman–Crippen MR) is 236 cm³/mol. The van der Waals surface area contributed by atoms with Crippen molar-refractivity contribution < 1.29 is 33.8 Å². The molecule has 4 amide bonds. The minimum absolute atomic E-state index is 0.0154. The maximum absolute atomic E-state index is 12.5. The van der Waals surface area contributed by atoms with Crippen molar-refractivity contribution in [1.82, 2.24) is 26.0 Å². The van der Waals surface area contributed by atoms with E-state index in [0.29, 0.717) is 75.4 Å². The lowest BCUT2D eigenvalue weighted by Gasteiger charge is -2.18. The highest BCUT2D eigenvalue weighted by Crippen LogP contribution is 2.42. The Morgan fingerprint density at radius 2 is 1.67 bits per heavy atom. The molecule has 8 N–H and O–H groups in total. The molecule has 2 aromatic rings. The van der Waals surface area contributed by atoms with Crippen molar-refractivity contribution in [1.29, 1.82) is 0 Å². The summed E-state index contributed by atoms with van der Waals surface area (Å²) in [6, 6.07) is 14.2. The second-order valence-electron chi connectivity index (χ2n) is 14.1. The molecule has 58 heavy (non-hydrogen) atoms. The Morgan fingerprint density at radius 1 is 0.879 bits per heavy atom. The summed E-state index contributed by atoms with van der Waals surface area (Å²) in [5.74, 6) is 0.591. The van der Waals surface area contributed by atoms with Crippen molar-refractivity contribution in [2.24, 2.45) is 0 Å². The zero-order chi connectivity index (χ0) is 41.0. The first-order valence-electron chi connectivity index (χ1n) is 19.2. The van der Waals surface area contributed by atoms with E-state index in [9.17, 15) is 34.2 Å². The number of carboxylic acids is 1. The zero-order valence-corrected chi connectivity index (χ0v) is 34.9. The van der Waals surface area contributed by atoms with Crippen LogP contribution in [0, 0.1) is 0 Å². The third kappa shape index (κ3) is 11.7. The minimum Gasteiger partial charge on any atom is -0.508 e. The molecule has 0 aromatic heterocycles. The fraction of sp³-hybridized carbons (Fsp3) is 0.400. The molecule has 4 aliphatic rings. The van der Waals surface area contributed by atoms with Crippen molar-refractivity contribution in [3.05, 3.63) is 70.4 Å². The van der Waals surface area contributed by atoms with E-state index in [1.165, 1.54) is 52.1 Å². The molecule has 3 aliphatic heterocycles. The van der Waals surface area contributed by atoms with Crippen LogP contribution in [0.1, 0.15) is 68.1 Å². The number of benzene rings is 3. The van der Waals surface area contributed by atoms with Gasteiger partial charge < -0.3 is 41.2 Å². The molecule has 14 nitrogen and oxygen atoms in total. The summed E-state index contributed by atoms with van der Waals surface area (Å²) >= 11 is 7.35. The van der Waals surface area contributed by atoms with Gasteiger partial charge in [-0.2, -0.15) is 11.8 Å². The number of urea groups is 1. The number of fused-ring (bicyclic) bond motifs is 3. The van der Waals surface area contributed by atoms with Gasteiger partial charge in [-0.3, -0.25) is 19.1 Å². The summed E-state index contributed by atoms with van der Waals surface area (Å²) in [6.07, 6.45) is 7.12. The van der Waals surface area contributed by atoms with E-state index in [0.717, 1.165) is 50.7 Å². The van der Waals surface area contributed by atoms with E-state index in [2.05, 4.69) is 31.3 Å². The number of nitrogens with one attached hydrogen (secondary N) is 6. The maximum atomic E-state index is 12.5. The van der Waals surface area contributed by atoms with Crippen molar-refractivity contribution in [3.63, 3.8) is 0 Å². The Labute approximate surface area is 353 Å². The standard InChI is InChI=1S/C40H46N6O8S4/c47-24-10-13-27-31(20-24)54-32-21-25(48)11-14-28(32)36(27)26-12-9-23(19-29(26)38(51)52)43-40(55)42-17-6-2-1-5-16-41-34(49)15-18-57-58-46-35(50)8-4-3-7-33-37-30(22-56-33)44-39(53)45-37/h9-14,19-21,30,33,37,47H,1-8,15-18,22H2,(H,41,49)(H,46,50)(H,51,52)(H2,42,43,55)(H2,44,45,53). The normalized spacial score (nSPS) is 17.0. The van der Waals surface area contributed by atoms with E-state index < -0.39 is 5.97 Å². The highest BCUT2D eigenvalue weighted by molar-refractivity contribution is 8.76. The van der Waals surface area contributed by atoms with Crippen LogP contribution in [0.3, 0.4) is 0 Å². The zero-order valence-electron chi connectivity index (χ0n) is 31.6. The molecule has 3 heterocycles. The summed E-state index contributed by atoms with van der Waals surface area (Å²) in [6.45, 7) is 1.21. The largest absolute Gasteiger partial charge is 0.508 e. The molecule has 308 valence electrons. The van der Waals surface area contributed by atoms with Gasteiger partial charge in [0.05, 0.1) is 17.6 Å². The molecule has 0 spiro atoms. The molecule has 0 bridgehead atoms.